The summed E-state index contributed by atoms with van der Waals surface area (Å²) >= 11 is 0. The average molecular weight is 503 g/mol. The number of pyridine rings is 1. The number of amides is 1. The summed E-state index contributed by atoms with van der Waals surface area (Å²) in [5, 5.41) is 0.464. The maximum Gasteiger partial charge on any atom is 0.296 e. The number of aromatic nitrogens is 1. The molecule has 6 heteroatoms. The zero-order chi connectivity index (χ0) is 26.4. The third-order valence-corrected chi connectivity index (χ3v) is 7.08. The molecule has 1 unspecified atom stereocenters. The summed E-state index contributed by atoms with van der Waals surface area (Å²) in [5.74, 6) is 0.832. The minimum atomic E-state index is -0.683. The van der Waals surface area contributed by atoms with Crippen molar-refractivity contribution in [2.75, 3.05) is 4.90 Å². The largest absolute Gasteiger partial charge is 0.489 e. The van der Waals surface area contributed by atoms with E-state index in [0.29, 0.717) is 34.7 Å². The van der Waals surface area contributed by atoms with Gasteiger partial charge in [0.25, 0.3) is 5.91 Å². The minimum Gasteiger partial charge on any atom is -0.489 e. The first kappa shape index (κ1) is 23.7. The fourth-order valence-corrected chi connectivity index (χ4v) is 4.92. The third-order valence-electron chi connectivity index (χ3n) is 7.08. The van der Waals surface area contributed by atoms with Crippen LogP contribution in [0, 0.1) is 20.8 Å². The Bertz CT molecular complexity index is 1740. The van der Waals surface area contributed by atoms with E-state index in [9.17, 15) is 9.59 Å². The van der Waals surface area contributed by atoms with Crippen molar-refractivity contribution in [2.45, 2.75) is 33.4 Å². The highest BCUT2D eigenvalue weighted by atomic mass is 16.5. The minimum absolute atomic E-state index is 0.0588. The summed E-state index contributed by atoms with van der Waals surface area (Å²) in [4.78, 5) is 33.7. The van der Waals surface area contributed by atoms with Crippen LogP contribution in [0.5, 0.6) is 5.75 Å². The molecule has 0 spiro atoms. The van der Waals surface area contributed by atoms with Gasteiger partial charge in [-0.25, -0.2) is 4.98 Å². The molecule has 188 valence electrons. The van der Waals surface area contributed by atoms with Crippen LogP contribution in [0.2, 0.25) is 0 Å². The van der Waals surface area contributed by atoms with E-state index in [0.717, 1.165) is 27.8 Å². The van der Waals surface area contributed by atoms with E-state index in [1.807, 2.05) is 99.6 Å². The fourth-order valence-electron chi connectivity index (χ4n) is 4.92. The lowest BCUT2D eigenvalue weighted by atomic mass is 9.97. The van der Waals surface area contributed by atoms with Crippen molar-refractivity contribution in [1.29, 1.82) is 0 Å². The Kier molecular flexibility index (Phi) is 5.80. The fraction of sp³-hybridized carbons (Fsp3) is 0.156. The van der Waals surface area contributed by atoms with Crippen molar-refractivity contribution < 1.29 is 13.9 Å². The molecule has 1 amide bonds. The van der Waals surface area contributed by atoms with Crippen LogP contribution in [0.25, 0.3) is 11.0 Å². The highest BCUT2D eigenvalue weighted by Gasteiger charge is 2.44. The molecule has 3 heterocycles. The second-order valence-electron chi connectivity index (χ2n) is 9.72. The van der Waals surface area contributed by atoms with Crippen LogP contribution in [-0.2, 0) is 6.61 Å². The Morgan fingerprint density at radius 3 is 2.37 bits per heavy atom. The van der Waals surface area contributed by atoms with Gasteiger partial charge in [0.05, 0.1) is 17.0 Å². The van der Waals surface area contributed by atoms with Gasteiger partial charge in [-0.05, 0) is 85.0 Å². The molecular weight excluding hydrogens is 476 g/mol. The Labute approximate surface area is 220 Å². The quantitative estimate of drug-likeness (QED) is 0.276. The lowest BCUT2D eigenvalue weighted by Gasteiger charge is -2.24. The number of benzene rings is 3. The molecule has 0 radical (unpaired) electrons. The van der Waals surface area contributed by atoms with Gasteiger partial charge < -0.3 is 9.15 Å². The van der Waals surface area contributed by atoms with Gasteiger partial charge in [0, 0.05) is 6.20 Å². The van der Waals surface area contributed by atoms with Gasteiger partial charge in [-0.3, -0.25) is 14.5 Å². The van der Waals surface area contributed by atoms with E-state index in [-0.39, 0.29) is 17.1 Å². The Morgan fingerprint density at radius 1 is 0.895 bits per heavy atom. The standard InChI is InChI=1S/C32H26N2O4/c1-19-13-14-33-27(15-19)34-29(23-9-11-24(12-10-23)37-18-22-7-5-4-6-8-22)28-30(35)25-16-20(2)21(3)17-26(25)38-31(28)32(34)36/h4-17,29H,18H2,1-3H3. The molecule has 0 N–H and O–H groups in total. The molecular formula is C32H26N2O4. The van der Waals surface area contributed by atoms with Gasteiger partial charge in [-0.2, -0.15) is 0 Å². The van der Waals surface area contributed by atoms with Crippen LogP contribution < -0.4 is 15.1 Å². The second-order valence-corrected chi connectivity index (χ2v) is 9.72. The third kappa shape index (κ3) is 4.04. The normalized spacial score (nSPS) is 14.7. The molecule has 38 heavy (non-hydrogen) atoms. The maximum absolute atomic E-state index is 13.9. The van der Waals surface area contributed by atoms with E-state index >= 15 is 0 Å². The number of rotatable bonds is 5. The van der Waals surface area contributed by atoms with Crippen molar-refractivity contribution in [1.82, 2.24) is 4.98 Å². The number of carbonyl (C=O) groups excluding carboxylic acids is 1. The molecule has 0 saturated carbocycles. The van der Waals surface area contributed by atoms with E-state index < -0.39 is 6.04 Å². The molecule has 6 nitrogen and oxygen atoms in total. The van der Waals surface area contributed by atoms with Crippen LogP contribution >= 0.6 is 0 Å². The summed E-state index contributed by atoms with van der Waals surface area (Å²) < 4.78 is 12.1. The average Bonchev–Trinajstić information content (AvgIpc) is 3.22. The molecule has 1 aliphatic heterocycles. The monoisotopic (exact) mass is 502 g/mol. The molecule has 2 aromatic heterocycles. The smallest absolute Gasteiger partial charge is 0.296 e. The van der Waals surface area contributed by atoms with Gasteiger partial charge >= 0.3 is 0 Å². The molecule has 0 saturated heterocycles. The van der Waals surface area contributed by atoms with Gasteiger partial charge in [0.1, 0.15) is 23.8 Å². The Morgan fingerprint density at radius 2 is 1.63 bits per heavy atom. The summed E-state index contributed by atoms with van der Waals surface area (Å²) in [6.45, 7) is 6.30. The van der Waals surface area contributed by atoms with Crippen molar-refractivity contribution >= 4 is 22.7 Å². The predicted molar refractivity (Wildman–Crippen MR) is 147 cm³/mol. The number of nitrogens with zero attached hydrogens (tertiary/aromatic N) is 2. The predicted octanol–water partition coefficient (Wildman–Crippen LogP) is 6.44. The number of fused-ring (bicyclic) bond motifs is 2. The molecule has 5 aromatic rings. The molecule has 6 rings (SSSR count). The molecule has 0 bridgehead atoms. The van der Waals surface area contributed by atoms with Gasteiger partial charge in [0.2, 0.25) is 5.76 Å². The SMILES string of the molecule is Cc1ccnc(N2C(=O)c3oc4cc(C)c(C)cc4c(=O)c3C2c2ccc(OCc3ccccc3)cc2)c1. The summed E-state index contributed by atoms with van der Waals surface area (Å²) in [6, 6.07) is 24.1. The first-order valence-corrected chi connectivity index (χ1v) is 12.5. The molecule has 1 aliphatic rings. The Hall–Kier alpha value is -4.71. The lowest BCUT2D eigenvalue weighted by Crippen LogP contribution is -2.30. The van der Waals surface area contributed by atoms with Gasteiger partial charge in [-0.1, -0.05) is 42.5 Å². The number of carbonyl (C=O) groups is 1. The Balaban J connectivity index is 1.46. The van der Waals surface area contributed by atoms with E-state index in [1.54, 1.807) is 11.1 Å². The van der Waals surface area contributed by atoms with Crippen LogP contribution in [0.3, 0.4) is 0 Å². The van der Waals surface area contributed by atoms with Crippen molar-refractivity contribution in [2.24, 2.45) is 0 Å². The molecule has 3 aromatic carbocycles. The van der Waals surface area contributed by atoms with Crippen LogP contribution in [-0.4, -0.2) is 10.9 Å². The van der Waals surface area contributed by atoms with Crippen LogP contribution in [0.15, 0.2) is 94.3 Å². The van der Waals surface area contributed by atoms with Crippen molar-refractivity contribution in [3.05, 3.63) is 134 Å². The van der Waals surface area contributed by atoms with Crippen LogP contribution in [0.4, 0.5) is 5.82 Å². The molecule has 1 atom stereocenters. The summed E-state index contributed by atoms with van der Waals surface area (Å²) in [7, 11) is 0. The maximum atomic E-state index is 13.9. The first-order valence-electron chi connectivity index (χ1n) is 12.5. The highest BCUT2D eigenvalue weighted by molar-refractivity contribution is 6.10. The zero-order valence-electron chi connectivity index (χ0n) is 21.4. The van der Waals surface area contributed by atoms with Gasteiger partial charge in [0.15, 0.2) is 5.43 Å². The highest BCUT2D eigenvalue weighted by Crippen LogP contribution is 2.41. The number of ether oxygens (including phenoxy) is 1. The van der Waals surface area contributed by atoms with Crippen molar-refractivity contribution in [3.63, 3.8) is 0 Å². The number of anilines is 1. The molecule has 0 fully saturated rings. The van der Waals surface area contributed by atoms with Crippen molar-refractivity contribution in [3.8, 4) is 5.75 Å². The van der Waals surface area contributed by atoms with Crippen LogP contribution in [0.1, 0.15) is 50.0 Å². The van der Waals surface area contributed by atoms with E-state index in [2.05, 4.69) is 4.98 Å². The topological polar surface area (TPSA) is 72.6 Å². The zero-order valence-corrected chi connectivity index (χ0v) is 21.4. The summed E-state index contributed by atoms with van der Waals surface area (Å²) in [5.41, 5.74) is 5.30. The molecule has 0 aliphatic carbocycles. The van der Waals surface area contributed by atoms with E-state index in [1.165, 1.54) is 0 Å². The summed E-state index contributed by atoms with van der Waals surface area (Å²) in [6.07, 6.45) is 1.66. The number of aryl methyl sites for hydroxylation is 3. The second kappa shape index (κ2) is 9.30. The number of hydrogen-bond acceptors (Lipinski definition) is 5. The first-order chi connectivity index (χ1) is 18.4. The van der Waals surface area contributed by atoms with Gasteiger partial charge in [-0.15, -0.1) is 0 Å². The lowest BCUT2D eigenvalue weighted by molar-refractivity contribution is 0.0970. The van der Waals surface area contributed by atoms with E-state index in [4.69, 9.17) is 9.15 Å². The number of hydrogen-bond donors (Lipinski definition) is 0.